The van der Waals surface area contributed by atoms with Crippen LogP contribution in [0.15, 0.2) is 11.0 Å². The van der Waals surface area contributed by atoms with Crippen LogP contribution in [0.1, 0.15) is 59.0 Å². The normalized spacial score (nSPS) is 13.1. The molecule has 1 atom stereocenters. The van der Waals surface area contributed by atoms with E-state index in [-0.39, 0.29) is 5.56 Å². The predicted octanol–water partition coefficient (Wildman–Crippen LogP) is 1.99. The molecule has 1 amide bonds. The highest BCUT2D eigenvalue weighted by Crippen LogP contribution is 2.17. The Morgan fingerprint density at radius 1 is 1.12 bits per heavy atom. The molecule has 0 fully saturated rings. The number of hydrogen-bond acceptors (Lipinski definition) is 6. The molecule has 0 aromatic carbocycles. The SMILES string of the molecule is Cc1ncc(C(NC(=O)OC(C)(C)C)C(=O)OC(C)(C)C)c(=O)[nH]1. The van der Waals surface area contributed by atoms with E-state index in [2.05, 4.69) is 15.3 Å². The van der Waals surface area contributed by atoms with Crippen LogP contribution >= 0.6 is 0 Å². The van der Waals surface area contributed by atoms with E-state index in [4.69, 9.17) is 9.47 Å². The van der Waals surface area contributed by atoms with Crippen LogP contribution in [0.3, 0.4) is 0 Å². The molecule has 0 aliphatic rings. The Labute approximate surface area is 141 Å². The van der Waals surface area contributed by atoms with Gasteiger partial charge in [-0.3, -0.25) is 4.79 Å². The number of hydrogen-bond donors (Lipinski definition) is 2. The molecule has 2 N–H and O–H groups in total. The predicted molar refractivity (Wildman–Crippen MR) is 87.6 cm³/mol. The molecule has 0 bridgehead atoms. The number of nitrogens with zero attached hydrogens (tertiary/aromatic N) is 1. The van der Waals surface area contributed by atoms with Gasteiger partial charge < -0.3 is 19.8 Å². The number of alkyl carbamates (subject to hydrolysis) is 1. The van der Waals surface area contributed by atoms with Crippen LogP contribution in [0.2, 0.25) is 0 Å². The van der Waals surface area contributed by atoms with Crippen molar-refractivity contribution in [2.75, 3.05) is 0 Å². The van der Waals surface area contributed by atoms with Gasteiger partial charge >= 0.3 is 12.1 Å². The summed E-state index contributed by atoms with van der Waals surface area (Å²) in [4.78, 5) is 43.0. The standard InChI is InChI=1S/C16H25N3O5/c1-9-17-8-10(12(20)18-9)11(13(21)23-15(2,3)4)19-14(22)24-16(5,6)7/h8,11H,1-7H3,(H,19,22)(H,17,18,20). The van der Waals surface area contributed by atoms with Crippen molar-refractivity contribution in [3.8, 4) is 0 Å². The fourth-order valence-electron chi connectivity index (χ4n) is 1.75. The number of aryl methyl sites for hydroxylation is 1. The molecule has 1 aromatic rings. The number of nitrogens with one attached hydrogen (secondary N) is 2. The number of H-pyrrole nitrogens is 1. The number of carbonyl (C=O) groups is 2. The topological polar surface area (TPSA) is 110 Å². The molecule has 1 aromatic heterocycles. The Morgan fingerprint density at radius 3 is 2.12 bits per heavy atom. The van der Waals surface area contributed by atoms with Crippen LogP contribution in [0.5, 0.6) is 0 Å². The smallest absolute Gasteiger partial charge is 0.408 e. The van der Waals surface area contributed by atoms with E-state index in [0.717, 1.165) is 0 Å². The van der Waals surface area contributed by atoms with E-state index in [1.54, 1.807) is 48.5 Å². The van der Waals surface area contributed by atoms with E-state index in [0.29, 0.717) is 5.82 Å². The van der Waals surface area contributed by atoms with Gasteiger partial charge in [-0.15, -0.1) is 0 Å². The molecule has 0 aliphatic carbocycles. The summed E-state index contributed by atoms with van der Waals surface area (Å²) in [6.45, 7) is 11.7. The summed E-state index contributed by atoms with van der Waals surface area (Å²) < 4.78 is 10.4. The number of rotatable bonds is 3. The highest BCUT2D eigenvalue weighted by Gasteiger charge is 2.32. The Hall–Kier alpha value is -2.38. The third kappa shape index (κ3) is 6.39. The minimum atomic E-state index is -1.32. The summed E-state index contributed by atoms with van der Waals surface area (Å²) in [6.07, 6.45) is 0.401. The molecule has 8 nitrogen and oxygen atoms in total. The number of aromatic nitrogens is 2. The van der Waals surface area contributed by atoms with Crippen molar-refractivity contribution >= 4 is 12.1 Å². The molecule has 8 heteroatoms. The molecule has 0 spiro atoms. The Bertz CT molecular complexity index is 668. The van der Waals surface area contributed by atoms with Crippen molar-refractivity contribution in [1.29, 1.82) is 0 Å². The van der Waals surface area contributed by atoms with Gasteiger partial charge in [0.2, 0.25) is 0 Å². The third-order valence-corrected chi connectivity index (χ3v) is 2.57. The second-order valence-electron chi connectivity index (χ2n) is 7.37. The van der Waals surface area contributed by atoms with Gasteiger partial charge in [0.1, 0.15) is 17.0 Å². The first-order valence-corrected chi connectivity index (χ1v) is 7.57. The zero-order valence-electron chi connectivity index (χ0n) is 15.1. The monoisotopic (exact) mass is 339 g/mol. The van der Waals surface area contributed by atoms with Crippen LogP contribution in [-0.2, 0) is 14.3 Å². The molecule has 1 unspecified atom stereocenters. The Kier molecular flexibility index (Phi) is 5.75. The average Bonchev–Trinajstić information content (AvgIpc) is 2.32. The van der Waals surface area contributed by atoms with Gasteiger partial charge in [-0.2, -0.15) is 0 Å². The van der Waals surface area contributed by atoms with E-state index < -0.39 is 34.9 Å². The van der Waals surface area contributed by atoms with E-state index in [1.165, 1.54) is 6.20 Å². The second-order valence-corrected chi connectivity index (χ2v) is 7.37. The van der Waals surface area contributed by atoms with Crippen molar-refractivity contribution in [3.05, 3.63) is 27.9 Å². The maximum Gasteiger partial charge on any atom is 0.408 e. The first-order valence-electron chi connectivity index (χ1n) is 7.57. The van der Waals surface area contributed by atoms with Gasteiger partial charge in [0.05, 0.1) is 5.56 Å². The van der Waals surface area contributed by atoms with Gasteiger partial charge in [-0.1, -0.05) is 0 Å². The van der Waals surface area contributed by atoms with Crippen molar-refractivity contribution < 1.29 is 19.1 Å². The maximum absolute atomic E-state index is 12.4. The fraction of sp³-hybridized carbons (Fsp3) is 0.625. The van der Waals surface area contributed by atoms with Gasteiger partial charge in [-0.05, 0) is 48.5 Å². The molecule has 24 heavy (non-hydrogen) atoms. The molecule has 134 valence electrons. The third-order valence-electron chi connectivity index (χ3n) is 2.57. The van der Waals surface area contributed by atoms with E-state index >= 15 is 0 Å². The minimum absolute atomic E-state index is 0.0271. The van der Waals surface area contributed by atoms with Crippen molar-refractivity contribution in [2.24, 2.45) is 0 Å². The number of esters is 1. The van der Waals surface area contributed by atoms with Crippen LogP contribution in [0, 0.1) is 6.92 Å². The van der Waals surface area contributed by atoms with Crippen molar-refractivity contribution in [1.82, 2.24) is 15.3 Å². The summed E-state index contributed by atoms with van der Waals surface area (Å²) in [7, 11) is 0. The minimum Gasteiger partial charge on any atom is -0.458 e. The highest BCUT2D eigenvalue weighted by atomic mass is 16.6. The van der Waals surface area contributed by atoms with E-state index in [9.17, 15) is 14.4 Å². The first kappa shape index (κ1) is 19.7. The van der Waals surface area contributed by atoms with Crippen molar-refractivity contribution in [2.45, 2.75) is 65.7 Å². The number of ether oxygens (including phenoxy) is 2. The molecule has 0 radical (unpaired) electrons. The molecule has 1 heterocycles. The van der Waals surface area contributed by atoms with Crippen molar-refractivity contribution in [3.63, 3.8) is 0 Å². The van der Waals surface area contributed by atoms with Gasteiger partial charge in [0.25, 0.3) is 5.56 Å². The second kappa shape index (κ2) is 7.02. The van der Waals surface area contributed by atoms with Gasteiger partial charge in [-0.25, -0.2) is 14.6 Å². The Balaban J connectivity index is 3.14. The summed E-state index contributed by atoms with van der Waals surface area (Å²) in [5.74, 6) is -0.381. The zero-order chi connectivity index (χ0) is 18.7. The lowest BCUT2D eigenvalue weighted by atomic mass is 10.1. The number of carbonyl (C=O) groups excluding carboxylic acids is 2. The van der Waals surface area contributed by atoms with Crippen LogP contribution in [0.4, 0.5) is 4.79 Å². The number of aromatic amines is 1. The molecule has 0 saturated carbocycles. The van der Waals surface area contributed by atoms with Crippen LogP contribution in [-0.4, -0.2) is 33.2 Å². The summed E-state index contributed by atoms with van der Waals surface area (Å²) in [5, 5.41) is 2.38. The maximum atomic E-state index is 12.4. The molecule has 0 saturated heterocycles. The molecular weight excluding hydrogens is 314 g/mol. The van der Waals surface area contributed by atoms with Crippen LogP contribution < -0.4 is 10.9 Å². The lowest BCUT2D eigenvalue weighted by Gasteiger charge is -2.26. The average molecular weight is 339 g/mol. The quantitative estimate of drug-likeness (QED) is 0.815. The highest BCUT2D eigenvalue weighted by molar-refractivity contribution is 5.83. The Morgan fingerprint density at radius 2 is 1.67 bits per heavy atom. The number of amides is 1. The summed E-state index contributed by atoms with van der Waals surface area (Å²) in [6, 6.07) is -1.32. The molecule has 0 aliphatic heterocycles. The largest absolute Gasteiger partial charge is 0.458 e. The summed E-state index contributed by atoms with van der Waals surface area (Å²) in [5.41, 5.74) is -2.09. The van der Waals surface area contributed by atoms with Crippen LogP contribution in [0.25, 0.3) is 0 Å². The lowest BCUT2D eigenvalue weighted by molar-refractivity contribution is -0.157. The van der Waals surface area contributed by atoms with E-state index in [1.807, 2.05) is 0 Å². The molecular formula is C16H25N3O5. The fourth-order valence-corrected chi connectivity index (χ4v) is 1.75. The molecule has 1 rings (SSSR count). The van der Waals surface area contributed by atoms with Gasteiger partial charge in [0, 0.05) is 6.20 Å². The lowest BCUT2D eigenvalue weighted by Crippen LogP contribution is -2.42. The summed E-state index contributed by atoms with van der Waals surface area (Å²) >= 11 is 0. The van der Waals surface area contributed by atoms with Gasteiger partial charge in [0.15, 0.2) is 6.04 Å². The first-order chi connectivity index (χ1) is 10.8. The zero-order valence-corrected chi connectivity index (χ0v) is 15.1.